The third-order valence-electron chi connectivity index (χ3n) is 3.37. The van der Waals surface area contributed by atoms with Crippen LogP contribution >= 0.6 is 0 Å². The van der Waals surface area contributed by atoms with Gasteiger partial charge in [0, 0.05) is 23.9 Å². The molecule has 0 unspecified atom stereocenters. The van der Waals surface area contributed by atoms with Crippen LogP contribution in [0.4, 0.5) is 5.69 Å². The van der Waals surface area contributed by atoms with Gasteiger partial charge in [0.05, 0.1) is 26.7 Å². The number of H-pyrrole nitrogens is 1. The van der Waals surface area contributed by atoms with Crippen molar-refractivity contribution >= 4 is 22.6 Å². The molecule has 0 aliphatic heterocycles. The van der Waals surface area contributed by atoms with Crippen LogP contribution in [0.3, 0.4) is 0 Å². The summed E-state index contributed by atoms with van der Waals surface area (Å²) in [4.78, 5) is 30.4. The quantitative estimate of drug-likeness (QED) is 0.715. The Kier molecular flexibility index (Phi) is 4.15. The van der Waals surface area contributed by atoms with Crippen LogP contribution in [0.25, 0.3) is 11.0 Å². The first kappa shape index (κ1) is 15.5. The van der Waals surface area contributed by atoms with Crippen LogP contribution in [0.1, 0.15) is 0 Å². The number of nitrogens with one attached hydrogen (secondary N) is 2. The van der Waals surface area contributed by atoms with Crippen LogP contribution in [0, 0.1) is 0 Å². The second-order valence-electron chi connectivity index (χ2n) is 4.92. The molecule has 0 bridgehead atoms. The number of aromatic nitrogens is 4. The molecule has 0 atom stereocenters. The van der Waals surface area contributed by atoms with Gasteiger partial charge in [-0.1, -0.05) is 0 Å². The Labute approximate surface area is 136 Å². The number of fused-ring (bicyclic) bond motifs is 1. The molecule has 9 nitrogen and oxygen atoms in total. The van der Waals surface area contributed by atoms with Gasteiger partial charge >= 0.3 is 0 Å². The number of hydrogen-bond acceptors (Lipinski definition) is 6. The molecule has 0 saturated heterocycles. The maximum atomic E-state index is 12.2. The van der Waals surface area contributed by atoms with Gasteiger partial charge in [0.2, 0.25) is 5.91 Å². The monoisotopic (exact) mass is 329 g/mol. The standard InChI is InChI=1S/C15H15N5O4/c1-23-10-3-9(4-11(5-10)24-2)19-13(21)7-20-14-12(6-18-20)15(22)17-8-16-14/h3-6,8H,7H2,1-2H3,(H,19,21)(H,16,17,22). The molecule has 3 rings (SSSR count). The lowest BCUT2D eigenvalue weighted by Crippen LogP contribution is -2.20. The molecule has 2 N–H and O–H groups in total. The van der Waals surface area contributed by atoms with Crippen molar-refractivity contribution in [3.8, 4) is 11.5 Å². The molecular weight excluding hydrogens is 314 g/mol. The molecule has 1 aromatic carbocycles. The smallest absolute Gasteiger partial charge is 0.261 e. The number of benzene rings is 1. The molecule has 2 aromatic heterocycles. The molecule has 9 heteroatoms. The summed E-state index contributed by atoms with van der Waals surface area (Å²) in [7, 11) is 3.05. The van der Waals surface area contributed by atoms with E-state index in [4.69, 9.17) is 9.47 Å². The number of ether oxygens (including phenoxy) is 2. The lowest BCUT2D eigenvalue weighted by atomic mass is 10.2. The molecule has 3 aromatic rings. The van der Waals surface area contributed by atoms with Gasteiger partial charge in [-0.15, -0.1) is 0 Å². The van der Waals surface area contributed by atoms with Crippen molar-refractivity contribution in [2.75, 3.05) is 19.5 Å². The highest BCUT2D eigenvalue weighted by Gasteiger charge is 2.12. The molecule has 0 spiro atoms. The fourth-order valence-electron chi connectivity index (χ4n) is 2.24. The predicted octanol–water partition coefficient (Wildman–Crippen LogP) is 0.775. The van der Waals surface area contributed by atoms with Crippen LogP contribution < -0.4 is 20.3 Å². The van der Waals surface area contributed by atoms with Crippen molar-refractivity contribution in [1.29, 1.82) is 0 Å². The van der Waals surface area contributed by atoms with Crippen molar-refractivity contribution in [3.05, 3.63) is 41.1 Å². The topological polar surface area (TPSA) is 111 Å². The predicted molar refractivity (Wildman–Crippen MR) is 86.3 cm³/mol. The first-order valence-electron chi connectivity index (χ1n) is 7.03. The minimum absolute atomic E-state index is 0.0839. The molecule has 1 amide bonds. The van der Waals surface area contributed by atoms with Crippen LogP contribution in [0.5, 0.6) is 11.5 Å². The van der Waals surface area contributed by atoms with Crippen LogP contribution in [-0.2, 0) is 11.3 Å². The Balaban J connectivity index is 1.80. The summed E-state index contributed by atoms with van der Waals surface area (Å²) in [6.07, 6.45) is 2.65. The molecule has 0 aliphatic rings. The second-order valence-corrected chi connectivity index (χ2v) is 4.92. The van der Waals surface area contributed by atoms with E-state index >= 15 is 0 Å². The van der Waals surface area contributed by atoms with Crippen molar-refractivity contribution in [3.63, 3.8) is 0 Å². The highest BCUT2D eigenvalue weighted by molar-refractivity contribution is 5.91. The first-order chi connectivity index (χ1) is 11.6. The summed E-state index contributed by atoms with van der Waals surface area (Å²) < 4.78 is 11.7. The van der Waals surface area contributed by atoms with E-state index in [2.05, 4.69) is 20.4 Å². The summed E-state index contributed by atoms with van der Waals surface area (Å²) in [5, 5.41) is 7.09. The molecule has 2 heterocycles. The number of nitrogens with zero attached hydrogens (tertiary/aromatic N) is 3. The Bertz CT molecular complexity index is 924. The van der Waals surface area contributed by atoms with Gasteiger partial charge in [-0.25, -0.2) is 9.67 Å². The number of carbonyl (C=O) groups is 1. The third kappa shape index (κ3) is 3.05. The summed E-state index contributed by atoms with van der Waals surface area (Å²) in [6, 6.07) is 5.04. The van der Waals surface area contributed by atoms with Gasteiger partial charge in [0.1, 0.15) is 23.4 Å². The number of anilines is 1. The molecule has 124 valence electrons. The van der Waals surface area contributed by atoms with E-state index in [9.17, 15) is 9.59 Å². The Hall–Kier alpha value is -3.36. The highest BCUT2D eigenvalue weighted by Crippen LogP contribution is 2.25. The minimum Gasteiger partial charge on any atom is -0.497 e. The second kappa shape index (κ2) is 6.41. The normalized spacial score (nSPS) is 10.6. The largest absolute Gasteiger partial charge is 0.497 e. The zero-order valence-corrected chi connectivity index (χ0v) is 13.1. The molecule has 0 fully saturated rings. The number of rotatable bonds is 5. The number of hydrogen-bond donors (Lipinski definition) is 2. The van der Waals surface area contributed by atoms with E-state index in [1.165, 1.54) is 31.4 Å². The van der Waals surface area contributed by atoms with Crippen molar-refractivity contribution in [1.82, 2.24) is 19.7 Å². The molecule has 24 heavy (non-hydrogen) atoms. The summed E-state index contributed by atoms with van der Waals surface area (Å²) in [5.74, 6) is 0.794. The van der Waals surface area contributed by atoms with Gasteiger partial charge in [0.25, 0.3) is 5.56 Å². The zero-order chi connectivity index (χ0) is 17.1. The summed E-state index contributed by atoms with van der Waals surface area (Å²) >= 11 is 0. The molecular formula is C15H15N5O4. The number of amides is 1. The van der Waals surface area contributed by atoms with E-state index in [1.807, 2.05) is 0 Å². The number of methoxy groups -OCH3 is 2. The maximum absolute atomic E-state index is 12.2. The maximum Gasteiger partial charge on any atom is 0.261 e. The number of carbonyl (C=O) groups excluding carboxylic acids is 1. The third-order valence-corrected chi connectivity index (χ3v) is 3.37. The van der Waals surface area contributed by atoms with Crippen molar-refractivity contribution in [2.45, 2.75) is 6.54 Å². The lowest BCUT2D eigenvalue weighted by molar-refractivity contribution is -0.116. The zero-order valence-electron chi connectivity index (χ0n) is 13.1. The lowest BCUT2D eigenvalue weighted by Gasteiger charge is -2.10. The van der Waals surface area contributed by atoms with Crippen LogP contribution in [0.2, 0.25) is 0 Å². The van der Waals surface area contributed by atoms with E-state index < -0.39 is 0 Å². The van der Waals surface area contributed by atoms with E-state index in [-0.39, 0.29) is 18.0 Å². The first-order valence-corrected chi connectivity index (χ1v) is 7.03. The fraction of sp³-hybridized carbons (Fsp3) is 0.200. The fourth-order valence-corrected chi connectivity index (χ4v) is 2.24. The Morgan fingerprint density at radius 3 is 2.62 bits per heavy atom. The van der Waals surface area contributed by atoms with Gasteiger partial charge in [-0.3, -0.25) is 9.59 Å². The van der Waals surface area contributed by atoms with Gasteiger partial charge in [0.15, 0.2) is 5.65 Å². The number of aromatic amines is 1. The van der Waals surface area contributed by atoms with E-state index in [0.717, 1.165) is 0 Å². The molecule has 0 saturated carbocycles. The highest BCUT2D eigenvalue weighted by atomic mass is 16.5. The average Bonchev–Trinajstić information content (AvgIpc) is 2.98. The Morgan fingerprint density at radius 1 is 1.25 bits per heavy atom. The summed E-state index contributed by atoms with van der Waals surface area (Å²) in [6.45, 7) is -0.0839. The van der Waals surface area contributed by atoms with Gasteiger partial charge < -0.3 is 19.8 Å². The van der Waals surface area contributed by atoms with E-state index in [0.29, 0.717) is 28.2 Å². The van der Waals surface area contributed by atoms with Crippen LogP contribution in [-0.4, -0.2) is 39.9 Å². The van der Waals surface area contributed by atoms with Crippen molar-refractivity contribution < 1.29 is 14.3 Å². The van der Waals surface area contributed by atoms with Crippen molar-refractivity contribution in [2.24, 2.45) is 0 Å². The van der Waals surface area contributed by atoms with Gasteiger partial charge in [-0.05, 0) is 0 Å². The minimum atomic E-state index is -0.322. The Morgan fingerprint density at radius 2 is 1.96 bits per heavy atom. The van der Waals surface area contributed by atoms with Gasteiger partial charge in [-0.2, -0.15) is 5.10 Å². The summed E-state index contributed by atoms with van der Waals surface area (Å²) in [5.41, 5.74) is 0.569. The van der Waals surface area contributed by atoms with Crippen LogP contribution in [0.15, 0.2) is 35.5 Å². The molecule has 0 radical (unpaired) electrons. The SMILES string of the molecule is COc1cc(NC(=O)Cn2ncc3c(=O)[nH]cnc32)cc(OC)c1. The molecule has 0 aliphatic carbocycles. The van der Waals surface area contributed by atoms with E-state index in [1.54, 1.807) is 18.2 Å². The average molecular weight is 329 g/mol.